The summed E-state index contributed by atoms with van der Waals surface area (Å²) in [5.74, 6) is -0.944. The number of amides is 2. The van der Waals surface area contributed by atoms with Gasteiger partial charge in [0.2, 0.25) is 5.88 Å². The van der Waals surface area contributed by atoms with Gasteiger partial charge in [-0.25, -0.2) is 22.9 Å². The number of pyridine rings is 1. The fourth-order valence-corrected chi connectivity index (χ4v) is 4.85. The van der Waals surface area contributed by atoms with Gasteiger partial charge in [-0.3, -0.25) is 9.59 Å². The Morgan fingerprint density at radius 3 is 2.41 bits per heavy atom. The lowest BCUT2D eigenvalue weighted by Gasteiger charge is -2.13. The number of carbonyl (C=O) groups excluding carboxylic acids is 3. The van der Waals surface area contributed by atoms with Crippen LogP contribution in [-0.4, -0.2) is 51.1 Å². The first-order valence-electron chi connectivity index (χ1n) is 12.7. The van der Waals surface area contributed by atoms with Crippen LogP contribution in [0.1, 0.15) is 53.0 Å². The molecule has 2 amide bonds. The summed E-state index contributed by atoms with van der Waals surface area (Å²) in [6.45, 7) is 3.95. The van der Waals surface area contributed by atoms with Crippen molar-refractivity contribution in [2.75, 3.05) is 13.7 Å². The summed E-state index contributed by atoms with van der Waals surface area (Å²) in [4.78, 5) is 40.7. The lowest BCUT2D eigenvalue weighted by atomic mass is 10.1. The second kappa shape index (κ2) is 14.5. The summed E-state index contributed by atoms with van der Waals surface area (Å²) < 4.78 is 43.0. The molecule has 0 bridgehead atoms. The Hall–Kier alpha value is -4.16. The smallest absolute Gasteiger partial charge is 0.497 e. The SMILES string of the molecule is CCC(CC)OC(=O)Oc1ccc(C(=O)NS(=O)(=O)c2cccc(CCNC(=O)c3cc(OC)ccc3Cl)c2)cn1. The summed E-state index contributed by atoms with van der Waals surface area (Å²) in [6.07, 6.45) is 1.45. The molecule has 0 radical (unpaired) electrons. The molecule has 2 aromatic carbocycles. The maximum absolute atomic E-state index is 12.9. The summed E-state index contributed by atoms with van der Waals surface area (Å²) in [5.41, 5.74) is 0.797. The van der Waals surface area contributed by atoms with E-state index in [-0.39, 0.29) is 39.6 Å². The Morgan fingerprint density at radius 2 is 1.76 bits per heavy atom. The molecule has 0 saturated heterocycles. The fourth-order valence-electron chi connectivity index (χ4n) is 3.60. The third kappa shape index (κ3) is 8.92. The average Bonchev–Trinajstić information content (AvgIpc) is 2.96. The van der Waals surface area contributed by atoms with Crippen LogP contribution in [0.2, 0.25) is 5.02 Å². The van der Waals surface area contributed by atoms with Crippen LogP contribution in [0.3, 0.4) is 0 Å². The zero-order chi connectivity index (χ0) is 30.0. The number of nitrogens with zero attached hydrogens (tertiary/aromatic N) is 1. The van der Waals surface area contributed by atoms with Gasteiger partial charge >= 0.3 is 6.16 Å². The van der Waals surface area contributed by atoms with E-state index in [0.29, 0.717) is 30.6 Å². The summed E-state index contributed by atoms with van der Waals surface area (Å²) >= 11 is 6.11. The first-order valence-corrected chi connectivity index (χ1v) is 14.5. The van der Waals surface area contributed by atoms with E-state index < -0.39 is 28.0 Å². The van der Waals surface area contributed by atoms with Gasteiger partial charge in [0.05, 0.1) is 28.2 Å². The number of aromatic nitrogens is 1. The molecule has 0 atom stereocenters. The van der Waals surface area contributed by atoms with Crippen LogP contribution in [0.4, 0.5) is 4.79 Å². The lowest BCUT2D eigenvalue weighted by molar-refractivity contribution is 0.0538. The molecule has 1 heterocycles. The zero-order valence-electron chi connectivity index (χ0n) is 22.7. The molecule has 218 valence electrons. The quantitative estimate of drug-likeness (QED) is 0.284. The van der Waals surface area contributed by atoms with Crippen LogP contribution in [0.15, 0.2) is 65.7 Å². The molecule has 0 aliphatic carbocycles. The number of hydrogen-bond donors (Lipinski definition) is 2. The number of ether oxygens (including phenoxy) is 3. The van der Waals surface area contributed by atoms with Crippen molar-refractivity contribution in [3.63, 3.8) is 0 Å². The highest BCUT2D eigenvalue weighted by atomic mass is 35.5. The predicted octanol–water partition coefficient (Wildman–Crippen LogP) is 4.54. The van der Waals surface area contributed by atoms with E-state index in [0.717, 1.165) is 6.20 Å². The van der Waals surface area contributed by atoms with E-state index >= 15 is 0 Å². The normalized spacial score (nSPS) is 11.0. The van der Waals surface area contributed by atoms with E-state index in [1.54, 1.807) is 18.2 Å². The maximum Gasteiger partial charge on any atom is 0.515 e. The minimum atomic E-state index is -4.23. The molecule has 3 aromatic rings. The van der Waals surface area contributed by atoms with Crippen molar-refractivity contribution in [3.8, 4) is 11.6 Å². The van der Waals surface area contributed by atoms with Crippen LogP contribution >= 0.6 is 11.6 Å². The zero-order valence-corrected chi connectivity index (χ0v) is 24.3. The Morgan fingerprint density at radius 1 is 1.00 bits per heavy atom. The van der Waals surface area contributed by atoms with Crippen molar-refractivity contribution in [2.24, 2.45) is 0 Å². The number of hydrogen-bond acceptors (Lipinski definition) is 9. The summed E-state index contributed by atoms with van der Waals surface area (Å²) in [7, 11) is -2.75. The monoisotopic (exact) mass is 603 g/mol. The molecule has 11 nitrogen and oxygen atoms in total. The van der Waals surface area contributed by atoms with Crippen molar-refractivity contribution >= 4 is 39.6 Å². The highest BCUT2D eigenvalue weighted by Gasteiger charge is 2.20. The van der Waals surface area contributed by atoms with E-state index in [1.165, 1.54) is 43.5 Å². The molecular weight excluding hydrogens is 574 g/mol. The topological polar surface area (TPSA) is 150 Å². The molecule has 0 saturated carbocycles. The molecule has 41 heavy (non-hydrogen) atoms. The average molecular weight is 604 g/mol. The number of methoxy groups -OCH3 is 1. The van der Waals surface area contributed by atoms with Crippen LogP contribution in [0, 0.1) is 0 Å². The molecule has 0 aliphatic heterocycles. The molecule has 0 unspecified atom stereocenters. The highest BCUT2D eigenvalue weighted by Crippen LogP contribution is 2.22. The van der Waals surface area contributed by atoms with Crippen LogP contribution < -0.4 is 19.5 Å². The van der Waals surface area contributed by atoms with Crippen LogP contribution in [-0.2, 0) is 21.2 Å². The van der Waals surface area contributed by atoms with Gasteiger partial charge in [0, 0.05) is 18.8 Å². The number of benzene rings is 2. The summed E-state index contributed by atoms with van der Waals surface area (Å²) in [5, 5.41) is 3.01. The Kier molecular flexibility index (Phi) is 11.1. The van der Waals surface area contributed by atoms with E-state index in [9.17, 15) is 22.8 Å². The van der Waals surface area contributed by atoms with Crippen LogP contribution in [0.5, 0.6) is 11.6 Å². The third-order valence-electron chi connectivity index (χ3n) is 5.91. The van der Waals surface area contributed by atoms with Crippen molar-refractivity contribution < 1.29 is 37.0 Å². The number of rotatable bonds is 12. The van der Waals surface area contributed by atoms with Gasteiger partial charge in [0.15, 0.2) is 0 Å². The van der Waals surface area contributed by atoms with Gasteiger partial charge in [0.1, 0.15) is 11.9 Å². The van der Waals surface area contributed by atoms with Gasteiger partial charge in [-0.15, -0.1) is 0 Å². The Bertz CT molecular complexity index is 1490. The van der Waals surface area contributed by atoms with Crippen molar-refractivity contribution in [1.29, 1.82) is 0 Å². The molecule has 1 aromatic heterocycles. The van der Waals surface area contributed by atoms with Gasteiger partial charge < -0.3 is 19.5 Å². The number of carbonyl (C=O) groups is 3. The second-order valence-electron chi connectivity index (χ2n) is 8.73. The van der Waals surface area contributed by atoms with Crippen LogP contribution in [0.25, 0.3) is 0 Å². The standard InChI is InChI=1S/C28H30ClN3O8S/c1-4-20(5-2)39-28(35)40-25-12-9-19(17-31-25)26(33)32-41(36,37)22-8-6-7-18(15-22)13-14-30-27(34)23-16-21(38-3)10-11-24(23)29/h6-12,15-17,20H,4-5,13-14H2,1-3H3,(H,30,34)(H,32,33). The van der Waals surface area contributed by atoms with Gasteiger partial charge in [-0.1, -0.05) is 37.6 Å². The molecule has 3 rings (SSSR count). The van der Waals surface area contributed by atoms with Crippen molar-refractivity contribution in [2.45, 2.75) is 44.1 Å². The van der Waals surface area contributed by atoms with E-state index in [4.69, 9.17) is 25.8 Å². The van der Waals surface area contributed by atoms with Crippen molar-refractivity contribution in [3.05, 3.63) is 82.5 Å². The minimum Gasteiger partial charge on any atom is -0.497 e. The highest BCUT2D eigenvalue weighted by molar-refractivity contribution is 7.90. The van der Waals surface area contributed by atoms with Gasteiger partial charge in [-0.05, 0) is 61.2 Å². The molecule has 13 heteroatoms. The predicted molar refractivity (Wildman–Crippen MR) is 151 cm³/mol. The molecular formula is C28H30ClN3O8S. The molecule has 0 fully saturated rings. The Balaban J connectivity index is 1.58. The summed E-state index contributed by atoms with van der Waals surface area (Å²) in [6, 6.07) is 13.2. The molecule has 2 N–H and O–H groups in total. The maximum atomic E-state index is 12.9. The molecule has 0 spiro atoms. The second-order valence-corrected chi connectivity index (χ2v) is 10.8. The van der Waals surface area contributed by atoms with E-state index in [1.807, 2.05) is 18.6 Å². The third-order valence-corrected chi connectivity index (χ3v) is 7.57. The van der Waals surface area contributed by atoms with Crippen molar-refractivity contribution in [1.82, 2.24) is 15.0 Å². The number of halogens is 1. The minimum absolute atomic E-state index is 0.0654. The number of sulfonamides is 1. The first kappa shape index (κ1) is 31.4. The van der Waals surface area contributed by atoms with E-state index in [2.05, 4.69) is 10.3 Å². The largest absolute Gasteiger partial charge is 0.515 e. The lowest BCUT2D eigenvalue weighted by Crippen LogP contribution is -2.31. The van der Waals surface area contributed by atoms with Gasteiger partial charge in [0.25, 0.3) is 21.8 Å². The fraction of sp³-hybridized carbons (Fsp3) is 0.286. The number of nitrogens with one attached hydrogen (secondary N) is 2. The van der Waals surface area contributed by atoms with Gasteiger partial charge in [-0.2, -0.15) is 0 Å². The Labute approximate surface area is 243 Å². The molecule has 0 aliphatic rings. The first-order chi connectivity index (χ1) is 19.6.